The van der Waals surface area contributed by atoms with Crippen LogP contribution in [-0.4, -0.2) is 24.3 Å². The number of fused-ring (bicyclic) bond motifs is 2. The highest BCUT2D eigenvalue weighted by atomic mass is 16.3. The van der Waals surface area contributed by atoms with Gasteiger partial charge in [0, 0.05) is 12.0 Å². The first-order chi connectivity index (χ1) is 4.71. The fourth-order valence-corrected chi connectivity index (χ4v) is 2.39. The summed E-state index contributed by atoms with van der Waals surface area (Å²) in [6.45, 7) is 4.31. The van der Waals surface area contributed by atoms with E-state index in [1.165, 1.54) is 6.42 Å². The van der Waals surface area contributed by atoms with Gasteiger partial charge >= 0.3 is 0 Å². The number of hydrogen-bond donors (Lipinski definition) is 2. The van der Waals surface area contributed by atoms with Crippen molar-refractivity contribution < 1.29 is 5.11 Å². The van der Waals surface area contributed by atoms with E-state index >= 15 is 0 Å². The number of piperidine rings is 1. The van der Waals surface area contributed by atoms with Gasteiger partial charge in [-0.3, -0.25) is 0 Å². The van der Waals surface area contributed by atoms with Crippen molar-refractivity contribution in [2.75, 3.05) is 13.1 Å². The molecule has 0 radical (unpaired) electrons. The molecule has 0 aromatic rings. The third-order valence-electron chi connectivity index (χ3n) is 3.08. The lowest BCUT2D eigenvalue weighted by atomic mass is 9.84. The average molecular weight is 141 g/mol. The van der Waals surface area contributed by atoms with Gasteiger partial charge in [0.1, 0.15) is 0 Å². The van der Waals surface area contributed by atoms with Gasteiger partial charge in [-0.05, 0) is 25.3 Å². The van der Waals surface area contributed by atoms with Crippen LogP contribution < -0.4 is 5.32 Å². The van der Waals surface area contributed by atoms with Gasteiger partial charge < -0.3 is 10.4 Å². The van der Waals surface area contributed by atoms with Gasteiger partial charge in [-0.25, -0.2) is 0 Å². The molecular weight excluding hydrogens is 126 g/mol. The topological polar surface area (TPSA) is 32.3 Å². The number of aliphatic hydroxyl groups excluding tert-OH is 1. The van der Waals surface area contributed by atoms with Gasteiger partial charge in [-0.15, -0.1) is 0 Å². The zero-order valence-electron chi connectivity index (χ0n) is 6.43. The Bertz CT molecular complexity index is 148. The second-order valence-electron chi connectivity index (χ2n) is 4.11. The van der Waals surface area contributed by atoms with Crippen molar-refractivity contribution in [3.8, 4) is 0 Å². The summed E-state index contributed by atoms with van der Waals surface area (Å²) in [6.07, 6.45) is 2.19. The van der Waals surface area contributed by atoms with Crippen LogP contribution in [0, 0.1) is 11.3 Å². The number of aliphatic hydroxyl groups is 1. The molecule has 1 heterocycles. The Hall–Kier alpha value is -0.0800. The molecule has 58 valence electrons. The van der Waals surface area contributed by atoms with Crippen LogP contribution in [0.15, 0.2) is 0 Å². The van der Waals surface area contributed by atoms with Crippen molar-refractivity contribution >= 4 is 0 Å². The van der Waals surface area contributed by atoms with E-state index in [4.69, 9.17) is 0 Å². The molecule has 2 rings (SSSR count). The second kappa shape index (κ2) is 1.95. The van der Waals surface area contributed by atoms with Crippen molar-refractivity contribution in [2.24, 2.45) is 11.3 Å². The van der Waals surface area contributed by atoms with E-state index in [2.05, 4.69) is 12.2 Å². The Balaban J connectivity index is 2.18. The molecule has 3 atom stereocenters. The van der Waals surface area contributed by atoms with E-state index in [0.717, 1.165) is 25.4 Å². The summed E-state index contributed by atoms with van der Waals surface area (Å²) < 4.78 is 0. The Morgan fingerprint density at radius 1 is 1.60 bits per heavy atom. The van der Waals surface area contributed by atoms with Crippen LogP contribution in [-0.2, 0) is 0 Å². The van der Waals surface area contributed by atoms with Gasteiger partial charge in [0.25, 0.3) is 0 Å². The van der Waals surface area contributed by atoms with Crippen LogP contribution in [0.2, 0.25) is 0 Å². The largest absolute Gasteiger partial charge is 0.392 e. The van der Waals surface area contributed by atoms with Gasteiger partial charge in [0.15, 0.2) is 0 Å². The molecule has 10 heavy (non-hydrogen) atoms. The molecule has 1 aliphatic carbocycles. The first-order valence-electron chi connectivity index (χ1n) is 4.09. The van der Waals surface area contributed by atoms with E-state index in [1.54, 1.807) is 0 Å². The smallest absolute Gasteiger partial charge is 0.0609 e. The van der Waals surface area contributed by atoms with Crippen molar-refractivity contribution in [1.82, 2.24) is 5.32 Å². The van der Waals surface area contributed by atoms with Crippen molar-refractivity contribution in [2.45, 2.75) is 25.9 Å². The highest BCUT2D eigenvalue weighted by molar-refractivity contribution is 4.98. The molecule has 0 amide bonds. The zero-order valence-corrected chi connectivity index (χ0v) is 6.43. The van der Waals surface area contributed by atoms with Gasteiger partial charge in [-0.2, -0.15) is 0 Å². The molecule has 0 spiro atoms. The molecule has 2 aliphatic rings. The third kappa shape index (κ3) is 0.789. The molecule has 2 N–H and O–H groups in total. The van der Waals surface area contributed by atoms with Gasteiger partial charge in [0.05, 0.1) is 6.10 Å². The molecule has 1 saturated heterocycles. The van der Waals surface area contributed by atoms with Crippen LogP contribution in [0.4, 0.5) is 0 Å². The lowest BCUT2D eigenvalue weighted by molar-refractivity contribution is 0.0663. The Labute approximate surface area is 61.6 Å². The Kier molecular flexibility index (Phi) is 1.29. The minimum absolute atomic E-state index is 0.0486. The average Bonchev–Trinajstić information content (AvgIpc) is 2.04. The molecule has 1 saturated carbocycles. The molecular formula is C8H15NO. The van der Waals surface area contributed by atoms with Crippen LogP contribution in [0.3, 0.4) is 0 Å². The summed E-state index contributed by atoms with van der Waals surface area (Å²) in [5, 5.41) is 13.0. The van der Waals surface area contributed by atoms with Crippen LogP contribution in [0.1, 0.15) is 19.8 Å². The first kappa shape index (κ1) is 6.62. The minimum Gasteiger partial charge on any atom is -0.392 e. The van der Waals surface area contributed by atoms with Gasteiger partial charge in [-0.1, -0.05) is 6.92 Å². The molecule has 2 bridgehead atoms. The van der Waals surface area contributed by atoms with Crippen molar-refractivity contribution in [1.29, 1.82) is 0 Å². The summed E-state index contributed by atoms with van der Waals surface area (Å²) in [7, 11) is 0. The van der Waals surface area contributed by atoms with Crippen LogP contribution >= 0.6 is 0 Å². The predicted octanol–water partition coefficient (Wildman–Crippen LogP) is 0.367. The standard InChI is InChI=1S/C8H15NO/c1-8-3-6(2-7(8)10)4-9-5-8/h6-7,9-10H,2-5H2,1H3/t6-,7+,8?/m1/s1. The highest BCUT2D eigenvalue weighted by Crippen LogP contribution is 2.43. The lowest BCUT2D eigenvalue weighted by Crippen LogP contribution is -2.41. The van der Waals surface area contributed by atoms with Crippen molar-refractivity contribution in [3.63, 3.8) is 0 Å². The molecule has 0 aromatic heterocycles. The lowest BCUT2D eigenvalue weighted by Gasteiger charge is -2.31. The summed E-state index contributed by atoms with van der Waals surface area (Å²) in [4.78, 5) is 0. The van der Waals surface area contributed by atoms with E-state index in [0.29, 0.717) is 0 Å². The summed E-state index contributed by atoms with van der Waals surface area (Å²) in [5.41, 5.74) is 0.197. The van der Waals surface area contributed by atoms with Crippen LogP contribution in [0.5, 0.6) is 0 Å². The minimum atomic E-state index is -0.0486. The summed E-state index contributed by atoms with van der Waals surface area (Å²) in [6, 6.07) is 0. The number of hydrogen-bond acceptors (Lipinski definition) is 2. The molecule has 2 heteroatoms. The molecule has 1 aliphatic heterocycles. The fourth-order valence-electron chi connectivity index (χ4n) is 2.39. The number of nitrogens with one attached hydrogen (secondary N) is 1. The molecule has 2 fully saturated rings. The summed E-state index contributed by atoms with van der Waals surface area (Å²) >= 11 is 0. The monoisotopic (exact) mass is 141 g/mol. The maximum Gasteiger partial charge on any atom is 0.0609 e. The molecule has 1 unspecified atom stereocenters. The highest BCUT2D eigenvalue weighted by Gasteiger charge is 2.45. The fraction of sp³-hybridized carbons (Fsp3) is 1.00. The zero-order chi connectivity index (χ0) is 7.19. The SMILES string of the molecule is CC12CNC[C@H](C[C@@H]1O)C2. The first-order valence-corrected chi connectivity index (χ1v) is 4.09. The quantitative estimate of drug-likeness (QED) is 0.510. The number of rotatable bonds is 0. The van der Waals surface area contributed by atoms with Crippen LogP contribution in [0.25, 0.3) is 0 Å². The van der Waals surface area contributed by atoms with E-state index in [1.807, 2.05) is 0 Å². The normalized spacial score (nSPS) is 53.4. The maximum absolute atomic E-state index is 9.62. The Morgan fingerprint density at radius 3 is 3.00 bits per heavy atom. The maximum atomic E-state index is 9.62. The predicted molar refractivity (Wildman–Crippen MR) is 39.7 cm³/mol. The van der Waals surface area contributed by atoms with Crippen molar-refractivity contribution in [3.05, 3.63) is 0 Å². The summed E-state index contributed by atoms with van der Waals surface area (Å²) in [5.74, 6) is 0.744. The van der Waals surface area contributed by atoms with E-state index < -0.39 is 0 Å². The van der Waals surface area contributed by atoms with E-state index in [9.17, 15) is 5.11 Å². The third-order valence-corrected chi connectivity index (χ3v) is 3.08. The van der Waals surface area contributed by atoms with E-state index in [-0.39, 0.29) is 11.5 Å². The Morgan fingerprint density at radius 2 is 2.40 bits per heavy atom. The molecule has 0 aromatic carbocycles. The van der Waals surface area contributed by atoms with Gasteiger partial charge in [0.2, 0.25) is 0 Å². The second-order valence-corrected chi connectivity index (χ2v) is 4.11. The molecule has 2 nitrogen and oxygen atoms in total.